The maximum atomic E-state index is 13.8. The molecule has 0 saturated heterocycles. The molecule has 0 spiro atoms. The van der Waals surface area contributed by atoms with Crippen molar-refractivity contribution in [1.82, 2.24) is 15.0 Å². The molecule has 2 heterocycles. The molecule has 0 aliphatic carbocycles. The zero-order chi connectivity index (χ0) is 48.2. The number of allylic oxidation sites excluding steroid dienone is 7. The number of carbonyl (C=O) groups excluding carboxylic acids is 2. The second-order valence-corrected chi connectivity index (χ2v) is 22.3. The van der Waals surface area contributed by atoms with Gasteiger partial charge in [0, 0.05) is 40.3 Å². The Kier molecular flexibility index (Phi) is 29.0. The topological polar surface area (TPSA) is 110 Å². The molecular weight excluding hydrogens is 969 g/mol. The maximum Gasteiger partial charge on any atom is 0.248 e. The fraction of sp³-hybridized carbons (Fsp3) is 0.385. The van der Waals surface area contributed by atoms with Gasteiger partial charge in [0.2, 0.25) is 5.91 Å². The minimum Gasteiger partial charge on any atom is -0.388 e. The van der Waals surface area contributed by atoms with E-state index >= 15 is 0 Å². The Morgan fingerprint density at radius 3 is 1.70 bits per heavy atom. The van der Waals surface area contributed by atoms with Crippen LogP contribution in [0.2, 0.25) is 0 Å². The summed E-state index contributed by atoms with van der Waals surface area (Å²) in [7, 11) is 0.426. The zero-order valence-electron chi connectivity index (χ0n) is 39.8. The van der Waals surface area contributed by atoms with Gasteiger partial charge in [-0.3, -0.25) is 14.4 Å². The quantitative estimate of drug-likeness (QED) is 0.0431. The number of ketones is 1. The number of thiazole rings is 2. The van der Waals surface area contributed by atoms with Gasteiger partial charge in [-0.25, -0.2) is 15.0 Å². The molecular formula is C52H71IN3O5PS2. The maximum absolute atomic E-state index is 13.8. The Balaban J connectivity index is 0.000000439. The Bertz CT molecular complexity index is 2150. The third-order valence-electron chi connectivity index (χ3n) is 9.83. The zero-order valence-corrected chi connectivity index (χ0v) is 44.5. The van der Waals surface area contributed by atoms with E-state index in [9.17, 15) is 19.3 Å². The number of hydrogen-bond donors (Lipinski definition) is 1. The van der Waals surface area contributed by atoms with E-state index in [4.69, 9.17) is 4.84 Å². The lowest BCUT2D eigenvalue weighted by Crippen LogP contribution is -2.30. The predicted molar refractivity (Wildman–Crippen MR) is 284 cm³/mol. The summed E-state index contributed by atoms with van der Waals surface area (Å²) in [5, 5.41) is 19.2. The summed E-state index contributed by atoms with van der Waals surface area (Å²) in [6, 6.07) is 19.5. The van der Waals surface area contributed by atoms with Crippen molar-refractivity contribution in [2.75, 3.05) is 14.2 Å². The van der Waals surface area contributed by atoms with Crippen molar-refractivity contribution in [3.05, 3.63) is 157 Å². The highest BCUT2D eigenvalue weighted by molar-refractivity contribution is 14.1. The van der Waals surface area contributed by atoms with Gasteiger partial charge >= 0.3 is 0 Å². The van der Waals surface area contributed by atoms with Gasteiger partial charge < -0.3 is 9.67 Å². The van der Waals surface area contributed by atoms with Crippen LogP contribution in [0.4, 0.5) is 0 Å². The van der Waals surface area contributed by atoms with Crippen LogP contribution in [0, 0.1) is 25.7 Å². The molecule has 0 saturated carbocycles. The SMILES string of the molecule is C=CC/C(C)=C\C[C@H](C)C(C)=O.C=CC/C(C)=C\C[C@H](O)/C(C)=C/c1csc(C)n1.CON(C)C(=O)[C@@H](C)C/C=C(/C)I.Cc1nc(CP(=O)(c2ccccc2)c2ccccc2)cs1. The number of benzene rings is 2. The first-order chi connectivity index (χ1) is 30.3. The lowest BCUT2D eigenvalue weighted by molar-refractivity contribution is -0.172. The lowest BCUT2D eigenvalue weighted by atomic mass is 10.0. The first kappa shape index (κ1) is 58.2. The Morgan fingerprint density at radius 1 is 0.797 bits per heavy atom. The molecule has 4 aromatic rings. The second-order valence-electron chi connectivity index (χ2n) is 15.6. The number of hydroxylamine groups is 2. The molecule has 2 aromatic heterocycles. The standard InChI is InChI=1S/C17H16NOPS.C15H21NOS.C11H18O.C9H16INO2/c1-14-18-15(13-21-14)12-20(19,16-8-4-2-5-9-16)17-10-6-3-7-11-17;1-5-6-11(2)7-8-15(17)12(3)9-14-10-18-13(4)16-14;1-5-6-9(2)7-8-10(3)11(4)12;1-7(5-6-8(2)10)9(12)11(3)13-4/h2-11,13H,12H2,1H3;5,7,9-10,15,17H,1,6,8H2,2-4H3;5,7,10H,1,6,8H2,2-4H3;6-7H,5H2,1-4H3/b;11-7-,12-9+;9-7-;8-6-/t;15-;10-;7-/m.000/s1. The average molecular weight is 1040 g/mol. The predicted octanol–water partition coefficient (Wildman–Crippen LogP) is 13.6. The largest absolute Gasteiger partial charge is 0.388 e. The summed E-state index contributed by atoms with van der Waals surface area (Å²) in [6.45, 7) is 24.9. The van der Waals surface area contributed by atoms with E-state index in [1.807, 2.05) is 137 Å². The monoisotopic (exact) mass is 1040 g/mol. The van der Waals surface area contributed by atoms with Crippen LogP contribution in [-0.2, 0) is 25.2 Å². The number of aliphatic hydroxyl groups excluding tert-OH is 1. The molecule has 0 unspecified atom stereocenters. The molecule has 8 nitrogen and oxygen atoms in total. The average Bonchev–Trinajstić information content (AvgIpc) is 3.90. The fourth-order valence-corrected chi connectivity index (χ4v) is 9.81. The minimum atomic E-state index is -2.69. The van der Waals surface area contributed by atoms with Gasteiger partial charge in [-0.2, -0.15) is 0 Å². The molecule has 1 N–H and O–H groups in total. The number of rotatable bonds is 19. The molecule has 64 heavy (non-hydrogen) atoms. The van der Waals surface area contributed by atoms with E-state index in [0.29, 0.717) is 12.6 Å². The van der Waals surface area contributed by atoms with Crippen molar-refractivity contribution in [2.45, 2.75) is 107 Å². The highest BCUT2D eigenvalue weighted by Crippen LogP contribution is 2.46. The number of halogens is 1. The van der Waals surface area contributed by atoms with Gasteiger partial charge in [-0.15, -0.1) is 35.8 Å². The highest BCUT2D eigenvalue weighted by Gasteiger charge is 2.28. The van der Waals surface area contributed by atoms with Crippen molar-refractivity contribution in [3.8, 4) is 0 Å². The third kappa shape index (κ3) is 23.4. The number of Topliss-reactive ketones (excluding diaryl/α,β-unsaturated/α-hetero) is 1. The van der Waals surface area contributed by atoms with Gasteiger partial charge in [-0.1, -0.05) is 116 Å². The van der Waals surface area contributed by atoms with Gasteiger partial charge in [0.1, 0.15) is 12.9 Å². The van der Waals surface area contributed by atoms with Crippen molar-refractivity contribution >= 4 is 80.8 Å². The van der Waals surface area contributed by atoms with E-state index < -0.39 is 13.2 Å². The van der Waals surface area contributed by atoms with Crippen molar-refractivity contribution in [2.24, 2.45) is 11.8 Å². The summed E-state index contributed by atoms with van der Waals surface area (Å²) in [5.41, 5.74) is 5.32. The third-order valence-corrected chi connectivity index (χ3v) is 14.9. The van der Waals surface area contributed by atoms with Crippen molar-refractivity contribution in [3.63, 3.8) is 0 Å². The van der Waals surface area contributed by atoms with Gasteiger partial charge in [0.05, 0.1) is 40.8 Å². The Hall–Kier alpha value is -3.84. The number of aryl methyl sites for hydroxylation is 2. The molecule has 0 bridgehead atoms. The number of aromatic nitrogens is 2. The van der Waals surface area contributed by atoms with E-state index in [0.717, 1.165) is 63.3 Å². The van der Waals surface area contributed by atoms with Crippen LogP contribution in [0.5, 0.6) is 0 Å². The molecule has 0 aliphatic heterocycles. The van der Waals surface area contributed by atoms with Gasteiger partial charge in [0.15, 0.2) is 0 Å². The molecule has 3 atom stereocenters. The Morgan fingerprint density at radius 2 is 1.28 bits per heavy atom. The summed E-state index contributed by atoms with van der Waals surface area (Å²) in [6.07, 6.45) is 16.0. The number of nitrogens with zero attached hydrogens (tertiary/aromatic N) is 3. The smallest absolute Gasteiger partial charge is 0.248 e. The molecule has 12 heteroatoms. The molecule has 2 aromatic carbocycles. The van der Waals surface area contributed by atoms with Gasteiger partial charge in [0.25, 0.3) is 0 Å². The normalized spacial score (nSPS) is 13.4. The van der Waals surface area contributed by atoms with Gasteiger partial charge in [-0.05, 0) is 118 Å². The molecule has 0 fully saturated rings. The number of aliphatic hydroxyl groups is 1. The molecule has 0 aliphatic rings. The summed E-state index contributed by atoms with van der Waals surface area (Å²) in [4.78, 5) is 36.0. The number of carbonyl (C=O) groups is 2. The molecule has 0 radical (unpaired) electrons. The second kappa shape index (κ2) is 31.9. The van der Waals surface area contributed by atoms with Crippen LogP contribution in [0.15, 0.2) is 135 Å². The van der Waals surface area contributed by atoms with E-state index in [1.165, 1.54) is 26.9 Å². The van der Waals surface area contributed by atoms with Crippen LogP contribution < -0.4 is 10.6 Å². The molecule has 1 amide bonds. The lowest BCUT2D eigenvalue weighted by Gasteiger charge is -2.18. The number of amides is 1. The molecule has 4 rings (SSSR count). The first-order valence-corrected chi connectivity index (χ1v) is 26.1. The minimum absolute atomic E-state index is 0.0106. The van der Waals surface area contributed by atoms with Crippen LogP contribution >= 0.6 is 52.4 Å². The van der Waals surface area contributed by atoms with Crippen LogP contribution in [-0.4, -0.2) is 52.1 Å². The van der Waals surface area contributed by atoms with E-state index in [1.54, 1.807) is 36.6 Å². The summed E-state index contributed by atoms with van der Waals surface area (Å²) in [5.74, 6) is 0.411. The Labute approximate surface area is 406 Å². The molecule has 348 valence electrons. The van der Waals surface area contributed by atoms with Crippen molar-refractivity contribution in [1.29, 1.82) is 0 Å². The van der Waals surface area contributed by atoms with E-state index in [-0.39, 0.29) is 23.5 Å². The van der Waals surface area contributed by atoms with Crippen molar-refractivity contribution < 1.29 is 24.1 Å². The van der Waals surface area contributed by atoms with Crippen LogP contribution in [0.25, 0.3) is 6.08 Å². The number of hydrogen-bond acceptors (Lipinski definition) is 9. The highest BCUT2D eigenvalue weighted by atomic mass is 127. The summed E-state index contributed by atoms with van der Waals surface area (Å²) >= 11 is 5.46. The first-order valence-electron chi connectivity index (χ1n) is 21.3. The fourth-order valence-electron chi connectivity index (χ4n) is 5.66. The van der Waals surface area contributed by atoms with E-state index in [2.05, 4.69) is 71.7 Å². The van der Waals surface area contributed by atoms with Crippen LogP contribution in [0.3, 0.4) is 0 Å². The van der Waals surface area contributed by atoms with Crippen LogP contribution in [0.1, 0.15) is 102 Å². The summed E-state index contributed by atoms with van der Waals surface area (Å²) < 4.78 is 15.0.